The summed E-state index contributed by atoms with van der Waals surface area (Å²) in [5.41, 5.74) is 3.38. The Kier molecular flexibility index (Phi) is 13.0. The molecule has 0 aliphatic heterocycles. The zero-order valence-electron chi connectivity index (χ0n) is 46.7. The van der Waals surface area contributed by atoms with E-state index in [-0.39, 0.29) is 15.9 Å². The van der Waals surface area contributed by atoms with Gasteiger partial charge in [-0.05, 0) is 158 Å². The van der Waals surface area contributed by atoms with Gasteiger partial charge in [0.2, 0.25) is 0 Å². The number of rotatable bonds is 9. The maximum Gasteiger partial charge on any atom is 0.171 e. The predicted molar refractivity (Wildman–Crippen MR) is 317 cm³/mol. The molecule has 0 fully saturated rings. The van der Waals surface area contributed by atoms with Crippen LogP contribution in [0.2, 0.25) is 0 Å². The molecule has 13 rings (SSSR count). The van der Waals surface area contributed by atoms with Gasteiger partial charge in [-0.3, -0.25) is 0 Å². The Bertz CT molecular complexity index is 4110. The Hall–Kier alpha value is -7.95. The van der Waals surface area contributed by atoms with Gasteiger partial charge in [0, 0.05) is 100 Å². The van der Waals surface area contributed by atoms with Gasteiger partial charge in [0.1, 0.15) is 69.8 Å². The van der Waals surface area contributed by atoms with Gasteiger partial charge < -0.3 is 13.7 Å². The van der Waals surface area contributed by atoms with E-state index >= 15 is 66.4 Å². The van der Waals surface area contributed by atoms with Crippen LogP contribution in [0.25, 0.3) is 33.4 Å². The summed E-state index contributed by atoms with van der Waals surface area (Å²) in [6.07, 6.45) is 0. The van der Waals surface area contributed by atoms with E-state index in [9.17, 15) is 0 Å². The van der Waals surface area contributed by atoms with Crippen LogP contribution >= 0.6 is 21.4 Å². The first-order chi connectivity index (χ1) is 40.9. The summed E-state index contributed by atoms with van der Waals surface area (Å²) in [5, 5.41) is -2.60. The summed E-state index contributed by atoms with van der Waals surface area (Å²) in [7, 11) is -13.9. The summed E-state index contributed by atoms with van der Waals surface area (Å²) >= 11 is 0. The average Bonchev–Trinajstić information content (AvgIpc) is 1.50. The molecule has 18 heteroatoms. The van der Waals surface area contributed by atoms with E-state index in [0.29, 0.717) is 103 Å². The van der Waals surface area contributed by atoms with Crippen LogP contribution in [0.1, 0.15) is 74.9 Å². The maximum absolute atomic E-state index is 16.1. The summed E-state index contributed by atoms with van der Waals surface area (Å²) in [6, 6.07) is 27.6. The normalized spacial score (nSPS) is 15.0. The van der Waals surface area contributed by atoms with Gasteiger partial charge in [-0.1, -0.05) is 77.9 Å². The Balaban J connectivity index is 1.12. The van der Waals surface area contributed by atoms with Crippen LogP contribution in [0.15, 0.2) is 164 Å². The third kappa shape index (κ3) is 8.60. The summed E-state index contributed by atoms with van der Waals surface area (Å²) in [6.45, 7) is 11.3. The highest BCUT2D eigenvalue weighted by Gasteiger charge is 2.54. The van der Waals surface area contributed by atoms with Crippen LogP contribution in [0, 0.1) is 69.8 Å². The second kappa shape index (κ2) is 19.5. The van der Waals surface area contributed by atoms with Crippen molar-refractivity contribution in [2.24, 2.45) is 0 Å². The molecule has 0 N–H and O–H groups in total. The molecule has 3 nitrogen and oxygen atoms in total. The molecule has 0 saturated carbocycles. The highest BCUT2D eigenvalue weighted by molar-refractivity contribution is 7.86. The summed E-state index contributed by atoms with van der Waals surface area (Å²) < 4.78 is 232. The first-order valence-corrected chi connectivity index (χ1v) is 32.3. The zero-order chi connectivity index (χ0) is 62.1. The van der Waals surface area contributed by atoms with E-state index in [1.54, 1.807) is 36.4 Å². The van der Waals surface area contributed by atoms with Crippen LogP contribution < -0.4 is 47.7 Å². The molecule has 438 valence electrons. The zero-order valence-corrected chi connectivity index (χ0v) is 49.4. The highest BCUT2D eigenvalue weighted by Crippen LogP contribution is 2.68. The van der Waals surface area contributed by atoms with Crippen molar-refractivity contribution in [1.29, 1.82) is 0 Å². The molecule has 0 spiro atoms. The van der Waals surface area contributed by atoms with Crippen molar-refractivity contribution < 1.29 is 66.4 Å². The van der Waals surface area contributed by atoms with Gasteiger partial charge in [-0.25, -0.2) is 52.7 Å². The number of benzene rings is 10. The molecular weight excluding hydrogens is 1200 g/mol. The Morgan fingerprint density at radius 1 is 0.230 bits per heavy atom. The summed E-state index contributed by atoms with van der Waals surface area (Å²) in [4.78, 5) is 0. The van der Waals surface area contributed by atoms with Crippen molar-refractivity contribution in [1.82, 2.24) is 0 Å². The third-order valence-corrected chi connectivity index (χ3v) is 26.5. The molecule has 0 radical (unpaired) electrons. The van der Waals surface area contributed by atoms with Gasteiger partial charge >= 0.3 is 0 Å². The smallest absolute Gasteiger partial charge is 0.171 e. The fraction of sp³-hybridized carbons (Fsp3) is 0.130. The number of fused-ring (bicyclic) bond motifs is 12. The maximum atomic E-state index is 16.1. The second-order valence-corrected chi connectivity index (χ2v) is 32.2. The molecule has 0 unspecified atom stereocenters. The minimum atomic E-state index is -4.62. The van der Waals surface area contributed by atoms with Crippen LogP contribution in [-0.2, 0) is 29.9 Å². The number of halogens is 12. The molecule has 0 atom stereocenters. The highest BCUT2D eigenvalue weighted by atomic mass is 31.2. The quantitative estimate of drug-likeness (QED) is 0.107. The second-order valence-electron chi connectivity index (χ2n) is 23.9. The van der Waals surface area contributed by atoms with E-state index in [2.05, 4.69) is 0 Å². The molecule has 10 aromatic carbocycles. The first-order valence-electron chi connectivity index (χ1n) is 27.2. The monoisotopic (exact) mass is 1240 g/mol. The Labute approximate surface area is 491 Å². The topological polar surface area (TPSA) is 51.2 Å². The molecule has 3 aliphatic carbocycles. The molecule has 0 amide bonds. The van der Waals surface area contributed by atoms with Gasteiger partial charge in [-0.15, -0.1) is 0 Å². The minimum absolute atomic E-state index is 0.0559. The number of hydrogen-bond acceptors (Lipinski definition) is 3. The summed E-state index contributed by atoms with van der Waals surface area (Å²) in [5.74, 6) is -13.3. The lowest BCUT2D eigenvalue weighted by Crippen LogP contribution is -2.28. The minimum Gasteiger partial charge on any atom is -0.309 e. The van der Waals surface area contributed by atoms with E-state index < -0.39 is 139 Å². The number of hydrogen-bond donors (Lipinski definition) is 0. The van der Waals surface area contributed by atoms with Crippen LogP contribution in [0.5, 0.6) is 0 Å². The molecule has 3 aliphatic rings. The molecule has 0 saturated heterocycles. The van der Waals surface area contributed by atoms with E-state index in [4.69, 9.17) is 0 Å². The third-order valence-electron chi connectivity index (χ3n) is 17.6. The molecule has 87 heavy (non-hydrogen) atoms. The van der Waals surface area contributed by atoms with E-state index in [1.165, 1.54) is 18.2 Å². The van der Waals surface area contributed by atoms with Crippen LogP contribution in [0.4, 0.5) is 52.7 Å². The standard InChI is InChI=1S/C69H45F12O3P3/c1-67(2)58-31-46(85(82,49-19-34(70)13-35(71)20-49)50-21-36(72)14-37(73)22-50)7-10-55(58)61-64(67)62-56-11-8-47(86(83,51-23-38(74)15-39(75)24-51)52-25-40(76)16-41(77)26-52)32-59(56)68(3,4)66(62)63-57-12-9-48(33-60(57)69(5,6)65(61)63)87(84,53-27-42(78)17-43(79)28-53)54-29-44(80)18-45(81)30-54/h7-33H,1-6H3. The molecule has 0 heterocycles. The molecule has 0 bridgehead atoms. The SMILES string of the molecule is CC1(C)c2cc(P(=O)(c3cc(F)cc(F)c3)c3cc(F)cc(F)c3)ccc2-c2c1c1c(c3c2C(C)(C)c2cc(P(=O)(c4cc(F)cc(F)c4)c4cc(F)cc(F)c4)ccc2-3)C(C)(C)c2cc(P(=O)(c3cc(F)cc(F)c3)c3cc(F)cc(F)c3)ccc2-1. The average molecular weight is 1240 g/mol. The van der Waals surface area contributed by atoms with Crippen molar-refractivity contribution in [3.63, 3.8) is 0 Å². The molecule has 0 aromatic heterocycles. The lowest BCUT2D eigenvalue weighted by molar-refractivity contribution is 0.577. The van der Waals surface area contributed by atoms with Crippen molar-refractivity contribution in [3.05, 3.63) is 267 Å². The Morgan fingerprint density at radius 2 is 0.391 bits per heavy atom. The van der Waals surface area contributed by atoms with E-state index in [1.807, 2.05) is 41.5 Å². The largest absolute Gasteiger partial charge is 0.309 e. The van der Waals surface area contributed by atoms with Gasteiger partial charge in [0.25, 0.3) is 0 Å². The van der Waals surface area contributed by atoms with Crippen molar-refractivity contribution in [3.8, 4) is 33.4 Å². The van der Waals surface area contributed by atoms with Crippen molar-refractivity contribution in [2.75, 3.05) is 0 Å². The lowest BCUT2D eigenvalue weighted by atomic mass is 9.71. The van der Waals surface area contributed by atoms with Crippen molar-refractivity contribution in [2.45, 2.75) is 57.8 Å². The van der Waals surface area contributed by atoms with Gasteiger partial charge in [-0.2, -0.15) is 0 Å². The fourth-order valence-electron chi connectivity index (χ4n) is 13.9. The predicted octanol–water partition coefficient (Wildman–Crippen LogP) is 15.2. The molecule has 10 aromatic rings. The first kappa shape index (κ1) is 58.1. The van der Waals surface area contributed by atoms with Gasteiger partial charge in [0.15, 0.2) is 21.4 Å². The lowest BCUT2D eigenvalue weighted by Gasteiger charge is -2.31. The van der Waals surface area contributed by atoms with Crippen LogP contribution in [-0.4, -0.2) is 0 Å². The Morgan fingerprint density at radius 3 is 0.552 bits per heavy atom. The van der Waals surface area contributed by atoms with Crippen molar-refractivity contribution >= 4 is 69.2 Å². The van der Waals surface area contributed by atoms with E-state index in [0.717, 1.165) is 72.8 Å². The van der Waals surface area contributed by atoms with Gasteiger partial charge in [0.05, 0.1) is 0 Å². The van der Waals surface area contributed by atoms with Crippen LogP contribution in [0.3, 0.4) is 0 Å². The fourth-order valence-corrected chi connectivity index (χ4v) is 22.0. The molecular formula is C69H45F12O3P3.